The lowest BCUT2D eigenvalue weighted by molar-refractivity contribution is 0.0637. The molecule has 0 N–H and O–H groups in total. The van der Waals surface area contributed by atoms with E-state index in [1.54, 1.807) is 12.1 Å². The highest BCUT2D eigenvalue weighted by Crippen LogP contribution is 2.22. The summed E-state index contributed by atoms with van der Waals surface area (Å²) in [6, 6.07) is 3.49. The lowest BCUT2D eigenvalue weighted by atomic mass is 9.96. The van der Waals surface area contributed by atoms with E-state index in [1.807, 2.05) is 4.90 Å². The summed E-state index contributed by atoms with van der Waals surface area (Å²) in [4.78, 5) is 16.6. The Labute approximate surface area is 129 Å². The molecule has 0 atom stereocenters. The minimum absolute atomic E-state index is 0.0111. The van der Waals surface area contributed by atoms with E-state index in [1.165, 1.54) is 0 Å². The fourth-order valence-electron chi connectivity index (χ4n) is 2.75. The van der Waals surface area contributed by atoms with Gasteiger partial charge in [-0.25, -0.2) is 0 Å². The maximum absolute atomic E-state index is 12.3. The van der Waals surface area contributed by atoms with Crippen molar-refractivity contribution in [2.75, 3.05) is 32.7 Å². The molecule has 0 aromatic carbocycles. The Morgan fingerprint density at radius 1 is 1.35 bits per heavy atom. The standard InChI is InChI=1S/C15H23BrN2O2/c1-3-17(4-2)11-12-7-9-18(10-8-12)15(19)13-5-6-14(16)20-13/h5-6,12H,3-4,7-11H2,1-2H3. The van der Waals surface area contributed by atoms with Crippen molar-refractivity contribution in [1.82, 2.24) is 9.80 Å². The summed E-state index contributed by atoms with van der Waals surface area (Å²) in [5.41, 5.74) is 0. The lowest BCUT2D eigenvalue weighted by Crippen LogP contribution is -2.41. The van der Waals surface area contributed by atoms with E-state index in [0.717, 1.165) is 45.6 Å². The van der Waals surface area contributed by atoms with Crippen LogP contribution in [0.3, 0.4) is 0 Å². The minimum atomic E-state index is 0.0111. The summed E-state index contributed by atoms with van der Waals surface area (Å²) in [6.45, 7) is 9.45. The molecular formula is C15H23BrN2O2. The highest BCUT2D eigenvalue weighted by Gasteiger charge is 2.25. The summed E-state index contributed by atoms with van der Waals surface area (Å²) in [7, 11) is 0. The molecule has 2 heterocycles. The normalized spacial score (nSPS) is 16.9. The van der Waals surface area contributed by atoms with E-state index < -0.39 is 0 Å². The number of nitrogens with zero attached hydrogens (tertiary/aromatic N) is 2. The van der Waals surface area contributed by atoms with Crippen LogP contribution in [0.25, 0.3) is 0 Å². The van der Waals surface area contributed by atoms with E-state index in [4.69, 9.17) is 4.42 Å². The largest absolute Gasteiger partial charge is 0.444 e. The third kappa shape index (κ3) is 3.85. The molecule has 1 aromatic heterocycles. The Kier molecular flexibility index (Phi) is 5.66. The molecule has 1 aromatic rings. The average molecular weight is 343 g/mol. The third-order valence-corrected chi connectivity index (χ3v) is 4.52. The first-order valence-corrected chi connectivity index (χ1v) is 8.20. The van der Waals surface area contributed by atoms with Gasteiger partial charge in [0.05, 0.1) is 0 Å². The van der Waals surface area contributed by atoms with Gasteiger partial charge in [0.25, 0.3) is 5.91 Å². The van der Waals surface area contributed by atoms with Crippen LogP contribution in [0, 0.1) is 5.92 Å². The highest BCUT2D eigenvalue weighted by atomic mass is 79.9. The van der Waals surface area contributed by atoms with Gasteiger partial charge in [-0.2, -0.15) is 0 Å². The van der Waals surface area contributed by atoms with E-state index in [0.29, 0.717) is 16.3 Å². The second kappa shape index (κ2) is 7.27. The second-order valence-corrected chi connectivity index (χ2v) is 6.11. The molecule has 112 valence electrons. The van der Waals surface area contributed by atoms with Crippen LogP contribution >= 0.6 is 15.9 Å². The van der Waals surface area contributed by atoms with Crippen molar-refractivity contribution in [3.8, 4) is 0 Å². The molecule has 1 amide bonds. The summed E-state index contributed by atoms with van der Waals surface area (Å²) in [5, 5.41) is 0. The van der Waals surface area contributed by atoms with Crippen LogP contribution in [0.15, 0.2) is 21.2 Å². The first kappa shape index (κ1) is 15.6. The van der Waals surface area contributed by atoms with Crippen LogP contribution in [0.2, 0.25) is 0 Å². The SMILES string of the molecule is CCN(CC)CC1CCN(C(=O)c2ccc(Br)o2)CC1. The van der Waals surface area contributed by atoms with Gasteiger partial charge in [-0.1, -0.05) is 13.8 Å². The van der Waals surface area contributed by atoms with Crippen LogP contribution in [0.1, 0.15) is 37.2 Å². The van der Waals surface area contributed by atoms with E-state index in [9.17, 15) is 4.79 Å². The van der Waals surface area contributed by atoms with Gasteiger partial charge < -0.3 is 14.2 Å². The molecule has 0 saturated carbocycles. The lowest BCUT2D eigenvalue weighted by Gasteiger charge is -2.34. The number of hydrogen-bond donors (Lipinski definition) is 0. The number of hydrogen-bond acceptors (Lipinski definition) is 3. The molecule has 4 nitrogen and oxygen atoms in total. The number of likely N-dealkylation sites (tertiary alicyclic amines) is 1. The van der Waals surface area contributed by atoms with Gasteiger partial charge in [0.15, 0.2) is 10.4 Å². The number of carbonyl (C=O) groups is 1. The Bertz CT molecular complexity index is 435. The molecule has 1 aliphatic heterocycles. The van der Waals surface area contributed by atoms with Gasteiger partial charge in [0.2, 0.25) is 0 Å². The van der Waals surface area contributed by atoms with E-state index in [-0.39, 0.29) is 5.91 Å². The number of piperidine rings is 1. The number of rotatable bonds is 5. The molecule has 1 saturated heterocycles. The summed E-state index contributed by atoms with van der Waals surface area (Å²) in [6.07, 6.45) is 2.17. The Balaban J connectivity index is 1.83. The highest BCUT2D eigenvalue weighted by molar-refractivity contribution is 9.10. The van der Waals surface area contributed by atoms with Crippen molar-refractivity contribution >= 4 is 21.8 Å². The van der Waals surface area contributed by atoms with Gasteiger partial charge in [0, 0.05) is 19.6 Å². The maximum atomic E-state index is 12.3. The molecule has 0 radical (unpaired) electrons. The fourth-order valence-corrected chi connectivity index (χ4v) is 3.06. The number of carbonyl (C=O) groups excluding carboxylic acids is 1. The van der Waals surface area contributed by atoms with Crippen molar-refractivity contribution in [3.63, 3.8) is 0 Å². The van der Waals surface area contributed by atoms with Crippen LogP contribution < -0.4 is 0 Å². The van der Waals surface area contributed by atoms with E-state index in [2.05, 4.69) is 34.7 Å². The predicted molar refractivity (Wildman–Crippen MR) is 82.8 cm³/mol. The zero-order valence-electron chi connectivity index (χ0n) is 12.3. The molecule has 1 aliphatic rings. The molecule has 0 spiro atoms. The first-order chi connectivity index (χ1) is 9.63. The maximum Gasteiger partial charge on any atom is 0.289 e. The summed E-state index contributed by atoms with van der Waals surface area (Å²) in [5.74, 6) is 1.15. The summed E-state index contributed by atoms with van der Waals surface area (Å²) < 4.78 is 5.95. The predicted octanol–water partition coefficient (Wildman–Crippen LogP) is 3.24. The first-order valence-electron chi connectivity index (χ1n) is 7.41. The van der Waals surface area contributed by atoms with Gasteiger partial charge in [-0.15, -0.1) is 0 Å². The monoisotopic (exact) mass is 342 g/mol. The summed E-state index contributed by atoms with van der Waals surface area (Å²) >= 11 is 3.23. The molecule has 0 unspecified atom stereocenters. The molecule has 5 heteroatoms. The molecular weight excluding hydrogens is 320 g/mol. The number of amides is 1. The average Bonchev–Trinajstić information content (AvgIpc) is 2.91. The molecule has 1 fully saturated rings. The Morgan fingerprint density at radius 2 is 2.00 bits per heavy atom. The third-order valence-electron chi connectivity index (χ3n) is 4.10. The van der Waals surface area contributed by atoms with Gasteiger partial charge in [-0.3, -0.25) is 4.79 Å². The molecule has 0 bridgehead atoms. The Morgan fingerprint density at radius 3 is 2.50 bits per heavy atom. The fraction of sp³-hybridized carbons (Fsp3) is 0.667. The minimum Gasteiger partial charge on any atom is -0.444 e. The molecule has 20 heavy (non-hydrogen) atoms. The molecule has 0 aliphatic carbocycles. The number of furan rings is 1. The second-order valence-electron chi connectivity index (χ2n) is 5.33. The quantitative estimate of drug-likeness (QED) is 0.824. The Hall–Kier alpha value is -0.810. The van der Waals surface area contributed by atoms with Crippen molar-refractivity contribution in [2.45, 2.75) is 26.7 Å². The topological polar surface area (TPSA) is 36.7 Å². The van der Waals surface area contributed by atoms with Crippen molar-refractivity contribution in [2.24, 2.45) is 5.92 Å². The smallest absolute Gasteiger partial charge is 0.289 e. The van der Waals surface area contributed by atoms with Gasteiger partial charge >= 0.3 is 0 Å². The van der Waals surface area contributed by atoms with Crippen molar-refractivity contribution < 1.29 is 9.21 Å². The molecule has 2 rings (SSSR count). The van der Waals surface area contributed by atoms with Gasteiger partial charge in [0.1, 0.15) is 0 Å². The van der Waals surface area contributed by atoms with Gasteiger partial charge in [-0.05, 0) is 59.9 Å². The van der Waals surface area contributed by atoms with Crippen LogP contribution in [-0.2, 0) is 0 Å². The van der Waals surface area contributed by atoms with Crippen molar-refractivity contribution in [3.05, 3.63) is 22.6 Å². The zero-order chi connectivity index (χ0) is 14.5. The zero-order valence-corrected chi connectivity index (χ0v) is 13.9. The van der Waals surface area contributed by atoms with Crippen molar-refractivity contribution in [1.29, 1.82) is 0 Å². The van der Waals surface area contributed by atoms with Crippen LogP contribution in [-0.4, -0.2) is 48.4 Å². The van der Waals surface area contributed by atoms with E-state index >= 15 is 0 Å². The van der Waals surface area contributed by atoms with Crippen LogP contribution in [0.4, 0.5) is 0 Å². The van der Waals surface area contributed by atoms with Crippen LogP contribution in [0.5, 0.6) is 0 Å². The number of halogens is 1.